The Morgan fingerprint density at radius 3 is 2.86 bits per heavy atom. The van der Waals surface area contributed by atoms with Gasteiger partial charge in [-0.25, -0.2) is 0 Å². The van der Waals surface area contributed by atoms with E-state index in [1.54, 1.807) is 12.7 Å². The summed E-state index contributed by atoms with van der Waals surface area (Å²) >= 11 is 0. The first kappa shape index (κ1) is 9.50. The molecule has 2 aliphatic carbocycles. The van der Waals surface area contributed by atoms with Crippen molar-refractivity contribution in [2.45, 2.75) is 39.0 Å². The Labute approximate surface area is 85.3 Å². The predicted molar refractivity (Wildman–Crippen MR) is 58.3 cm³/mol. The summed E-state index contributed by atoms with van der Waals surface area (Å²) in [6.45, 7) is 2.23. The number of hydrogen-bond donors (Lipinski definition) is 0. The van der Waals surface area contributed by atoms with E-state index in [1.165, 1.54) is 29.7 Å². The minimum Gasteiger partial charge on any atom is -0.399 e. The van der Waals surface area contributed by atoms with Gasteiger partial charge in [-0.2, -0.15) is 0 Å². The minimum atomic E-state index is 1.06. The molecule has 2 heteroatoms. The molecule has 0 aromatic heterocycles. The van der Waals surface area contributed by atoms with E-state index in [0.29, 0.717) is 0 Å². The first-order valence-corrected chi connectivity index (χ1v) is 5.37. The summed E-state index contributed by atoms with van der Waals surface area (Å²) in [6, 6.07) is 0. The Hall–Kier alpha value is -1.05. The second-order valence-electron chi connectivity index (χ2n) is 3.88. The standard InChI is InChI=1S/C12H17NO/c1-3-9-4-6-11-10(8-9)5-7-12(11)13-14-2/h8H,3-7H2,1-2H3/b13-12-. The van der Waals surface area contributed by atoms with E-state index in [9.17, 15) is 0 Å². The van der Waals surface area contributed by atoms with Crippen molar-refractivity contribution in [1.29, 1.82) is 0 Å². The van der Waals surface area contributed by atoms with Crippen LogP contribution in [0.15, 0.2) is 28.0 Å². The number of rotatable bonds is 2. The van der Waals surface area contributed by atoms with Crippen LogP contribution in [0, 0.1) is 0 Å². The Bertz CT molecular complexity index is 323. The van der Waals surface area contributed by atoms with Crippen LogP contribution < -0.4 is 0 Å². The van der Waals surface area contributed by atoms with Crippen LogP contribution in [0.4, 0.5) is 0 Å². The monoisotopic (exact) mass is 191 g/mol. The van der Waals surface area contributed by atoms with E-state index >= 15 is 0 Å². The lowest BCUT2D eigenvalue weighted by Gasteiger charge is -2.13. The van der Waals surface area contributed by atoms with Crippen molar-refractivity contribution in [2.75, 3.05) is 7.11 Å². The number of allylic oxidation sites excluding steroid dienone is 4. The van der Waals surface area contributed by atoms with Crippen LogP contribution in [-0.4, -0.2) is 12.8 Å². The molecule has 0 saturated carbocycles. The highest BCUT2D eigenvalue weighted by Crippen LogP contribution is 2.35. The zero-order valence-electron chi connectivity index (χ0n) is 8.97. The van der Waals surface area contributed by atoms with Crippen LogP contribution in [-0.2, 0) is 4.84 Å². The van der Waals surface area contributed by atoms with Crippen molar-refractivity contribution in [3.05, 3.63) is 22.8 Å². The average Bonchev–Trinajstić information content (AvgIpc) is 2.61. The maximum atomic E-state index is 4.86. The van der Waals surface area contributed by atoms with Gasteiger partial charge in [-0.3, -0.25) is 0 Å². The zero-order chi connectivity index (χ0) is 9.97. The highest BCUT2D eigenvalue weighted by atomic mass is 16.6. The molecule has 0 amide bonds. The van der Waals surface area contributed by atoms with Crippen LogP contribution in [0.2, 0.25) is 0 Å². The molecule has 0 aliphatic heterocycles. The quantitative estimate of drug-likeness (QED) is 0.614. The first-order chi connectivity index (χ1) is 6.85. The van der Waals surface area contributed by atoms with Crippen molar-refractivity contribution in [1.82, 2.24) is 0 Å². The highest BCUT2D eigenvalue weighted by molar-refractivity contribution is 6.03. The van der Waals surface area contributed by atoms with Crippen LogP contribution in [0.1, 0.15) is 39.0 Å². The molecule has 0 atom stereocenters. The molecule has 0 aromatic carbocycles. The fourth-order valence-electron chi connectivity index (χ4n) is 2.30. The maximum absolute atomic E-state index is 4.86. The van der Waals surface area contributed by atoms with Gasteiger partial charge in [0.25, 0.3) is 0 Å². The van der Waals surface area contributed by atoms with Crippen LogP contribution in [0.3, 0.4) is 0 Å². The van der Waals surface area contributed by atoms with Gasteiger partial charge in [0, 0.05) is 0 Å². The summed E-state index contributed by atoms with van der Waals surface area (Å²) in [7, 11) is 1.63. The number of hydrogen-bond acceptors (Lipinski definition) is 2. The van der Waals surface area contributed by atoms with E-state index < -0.39 is 0 Å². The summed E-state index contributed by atoms with van der Waals surface area (Å²) in [5, 5.41) is 4.09. The summed E-state index contributed by atoms with van der Waals surface area (Å²) < 4.78 is 0. The lowest BCUT2D eigenvalue weighted by atomic mass is 9.92. The normalized spacial score (nSPS) is 23.9. The summed E-state index contributed by atoms with van der Waals surface area (Å²) in [5.74, 6) is 0. The Morgan fingerprint density at radius 2 is 2.14 bits per heavy atom. The van der Waals surface area contributed by atoms with E-state index in [0.717, 1.165) is 19.3 Å². The van der Waals surface area contributed by atoms with Gasteiger partial charge in [0.1, 0.15) is 7.11 Å². The van der Waals surface area contributed by atoms with Gasteiger partial charge < -0.3 is 4.84 Å². The molecule has 0 N–H and O–H groups in total. The topological polar surface area (TPSA) is 21.6 Å². The fourth-order valence-corrected chi connectivity index (χ4v) is 2.30. The molecule has 76 valence electrons. The lowest BCUT2D eigenvalue weighted by molar-refractivity contribution is 0.213. The Balaban J connectivity index is 2.25. The average molecular weight is 191 g/mol. The van der Waals surface area contributed by atoms with Gasteiger partial charge in [0.15, 0.2) is 0 Å². The van der Waals surface area contributed by atoms with Gasteiger partial charge in [-0.05, 0) is 43.3 Å². The minimum absolute atomic E-state index is 1.06. The molecule has 0 radical (unpaired) electrons. The molecule has 2 aliphatic rings. The molecule has 0 heterocycles. The molecule has 0 bridgehead atoms. The van der Waals surface area contributed by atoms with Crippen LogP contribution in [0.25, 0.3) is 0 Å². The Morgan fingerprint density at radius 1 is 1.29 bits per heavy atom. The maximum Gasteiger partial charge on any atom is 0.106 e. The molecule has 0 spiro atoms. The molecule has 14 heavy (non-hydrogen) atoms. The fraction of sp³-hybridized carbons (Fsp3) is 0.583. The van der Waals surface area contributed by atoms with E-state index in [-0.39, 0.29) is 0 Å². The van der Waals surface area contributed by atoms with Crippen molar-refractivity contribution < 1.29 is 4.84 Å². The summed E-state index contributed by atoms with van der Waals surface area (Å²) in [5.41, 5.74) is 5.71. The van der Waals surface area contributed by atoms with Crippen molar-refractivity contribution >= 4 is 5.71 Å². The van der Waals surface area contributed by atoms with E-state index in [4.69, 9.17) is 4.84 Å². The zero-order valence-corrected chi connectivity index (χ0v) is 8.97. The van der Waals surface area contributed by atoms with E-state index in [1.807, 2.05) is 0 Å². The molecule has 0 aromatic rings. The second kappa shape index (κ2) is 3.99. The van der Waals surface area contributed by atoms with Gasteiger partial charge in [-0.15, -0.1) is 0 Å². The molecule has 0 fully saturated rings. The molecule has 2 nitrogen and oxygen atoms in total. The highest BCUT2D eigenvalue weighted by Gasteiger charge is 2.23. The summed E-state index contributed by atoms with van der Waals surface area (Å²) in [4.78, 5) is 4.86. The van der Waals surface area contributed by atoms with Gasteiger partial charge in [0.2, 0.25) is 0 Å². The Kier molecular flexibility index (Phi) is 2.71. The number of nitrogens with zero attached hydrogens (tertiary/aromatic N) is 1. The lowest BCUT2D eigenvalue weighted by Crippen LogP contribution is -2.02. The SMILES string of the molecule is CCC1=CC2=C(CC1)/C(=N\OC)CC2. The first-order valence-electron chi connectivity index (χ1n) is 5.37. The van der Waals surface area contributed by atoms with Crippen molar-refractivity contribution in [3.63, 3.8) is 0 Å². The van der Waals surface area contributed by atoms with Gasteiger partial charge >= 0.3 is 0 Å². The predicted octanol–water partition coefficient (Wildman–Crippen LogP) is 3.21. The summed E-state index contributed by atoms with van der Waals surface area (Å²) in [6.07, 6.45) is 8.15. The van der Waals surface area contributed by atoms with E-state index in [2.05, 4.69) is 18.2 Å². The third kappa shape index (κ3) is 1.61. The molecular formula is C12H17NO. The number of oxime groups is 1. The van der Waals surface area contributed by atoms with Crippen molar-refractivity contribution in [3.8, 4) is 0 Å². The van der Waals surface area contributed by atoms with Crippen molar-refractivity contribution in [2.24, 2.45) is 5.16 Å². The van der Waals surface area contributed by atoms with Gasteiger partial charge in [0.05, 0.1) is 5.71 Å². The van der Waals surface area contributed by atoms with Gasteiger partial charge in [-0.1, -0.05) is 23.7 Å². The largest absolute Gasteiger partial charge is 0.399 e. The van der Waals surface area contributed by atoms with Crippen LogP contribution >= 0.6 is 0 Å². The smallest absolute Gasteiger partial charge is 0.106 e. The second-order valence-corrected chi connectivity index (χ2v) is 3.88. The molecular weight excluding hydrogens is 174 g/mol. The molecule has 2 rings (SSSR count). The third-order valence-electron chi connectivity index (χ3n) is 3.10. The molecule has 0 saturated heterocycles. The van der Waals surface area contributed by atoms with Crippen LogP contribution in [0.5, 0.6) is 0 Å². The molecule has 0 unspecified atom stereocenters. The third-order valence-corrected chi connectivity index (χ3v) is 3.10.